The molecule has 1 aromatic heterocycles. The standard InChI is InChI=1S/C12H20N4O/c1-3-10-5-11(16(4-2)14-10)12(17)15-7-9(6-13)8-15/h5,9H,3-4,6-8,13H2,1-2H3. The largest absolute Gasteiger partial charge is 0.337 e. The molecule has 1 aromatic rings. The van der Waals surface area contributed by atoms with Crippen LogP contribution in [0.4, 0.5) is 0 Å². The lowest BCUT2D eigenvalue weighted by Crippen LogP contribution is -2.52. The molecule has 0 atom stereocenters. The molecule has 0 aromatic carbocycles. The zero-order chi connectivity index (χ0) is 12.4. The van der Waals surface area contributed by atoms with Gasteiger partial charge in [-0.3, -0.25) is 9.48 Å². The number of likely N-dealkylation sites (tertiary alicyclic amines) is 1. The maximum Gasteiger partial charge on any atom is 0.272 e. The van der Waals surface area contributed by atoms with E-state index in [1.165, 1.54) is 0 Å². The molecule has 2 rings (SSSR count). The fourth-order valence-corrected chi connectivity index (χ4v) is 2.10. The van der Waals surface area contributed by atoms with E-state index in [0.29, 0.717) is 18.2 Å². The number of aromatic nitrogens is 2. The molecule has 0 aliphatic carbocycles. The van der Waals surface area contributed by atoms with E-state index in [2.05, 4.69) is 5.10 Å². The van der Waals surface area contributed by atoms with Crippen LogP contribution in [0.25, 0.3) is 0 Å². The second-order valence-electron chi connectivity index (χ2n) is 4.50. The van der Waals surface area contributed by atoms with E-state index in [4.69, 9.17) is 5.73 Å². The first-order chi connectivity index (χ1) is 8.19. The molecule has 5 nitrogen and oxygen atoms in total. The summed E-state index contributed by atoms with van der Waals surface area (Å²) in [6.07, 6.45) is 0.860. The van der Waals surface area contributed by atoms with Crippen molar-refractivity contribution in [2.75, 3.05) is 19.6 Å². The molecule has 94 valence electrons. The highest BCUT2D eigenvalue weighted by Gasteiger charge is 2.31. The number of rotatable bonds is 4. The Bertz CT molecular complexity index is 407. The van der Waals surface area contributed by atoms with Gasteiger partial charge in [-0.15, -0.1) is 0 Å². The van der Waals surface area contributed by atoms with Crippen molar-refractivity contribution in [1.29, 1.82) is 0 Å². The van der Waals surface area contributed by atoms with E-state index < -0.39 is 0 Å². The van der Waals surface area contributed by atoms with E-state index in [9.17, 15) is 4.79 Å². The SMILES string of the molecule is CCc1cc(C(=O)N2CC(CN)C2)n(CC)n1. The van der Waals surface area contributed by atoms with Crippen molar-refractivity contribution < 1.29 is 4.79 Å². The fourth-order valence-electron chi connectivity index (χ4n) is 2.10. The molecule has 0 bridgehead atoms. The van der Waals surface area contributed by atoms with Crippen LogP contribution in [0.5, 0.6) is 0 Å². The summed E-state index contributed by atoms with van der Waals surface area (Å²) in [6, 6.07) is 1.90. The van der Waals surface area contributed by atoms with Crippen molar-refractivity contribution in [3.05, 3.63) is 17.5 Å². The van der Waals surface area contributed by atoms with Crippen LogP contribution in [0.3, 0.4) is 0 Å². The number of hydrogen-bond acceptors (Lipinski definition) is 3. The summed E-state index contributed by atoms with van der Waals surface area (Å²) in [5.41, 5.74) is 7.25. The maximum absolute atomic E-state index is 12.2. The van der Waals surface area contributed by atoms with E-state index >= 15 is 0 Å². The van der Waals surface area contributed by atoms with E-state index in [-0.39, 0.29) is 5.91 Å². The third kappa shape index (κ3) is 2.20. The molecule has 0 spiro atoms. The number of carbonyl (C=O) groups is 1. The number of carbonyl (C=O) groups excluding carboxylic acids is 1. The number of nitrogens with zero attached hydrogens (tertiary/aromatic N) is 3. The Hall–Kier alpha value is -1.36. The van der Waals surface area contributed by atoms with Gasteiger partial charge >= 0.3 is 0 Å². The van der Waals surface area contributed by atoms with Gasteiger partial charge in [-0.1, -0.05) is 6.92 Å². The van der Waals surface area contributed by atoms with Gasteiger partial charge in [0.2, 0.25) is 0 Å². The number of nitrogens with two attached hydrogens (primary N) is 1. The van der Waals surface area contributed by atoms with Gasteiger partial charge in [0.15, 0.2) is 0 Å². The molecule has 17 heavy (non-hydrogen) atoms. The second kappa shape index (κ2) is 4.87. The number of amides is 1. The van der Waals surface area contributed by atoms with Gasteiger partial charge in [0.1, 0.15) is 5.69 Å². The summed E-state index contributed by atoms with van der Waals surface area (Å²) < 4.78 is 1.79. The molecular formula is C12H20N4O. The molecule has 1 aliphatic heterocycles. The number of aryl methyl sites for hydroxylation is 2. The summed E-state index contributed by atoms with van der Waals surface area (Å²) in [7, 11) is 0. The third-order valence-electron chi connectivity index (χ3n) is 3.29. The van der Waals surface area contributed by atoms with Gasteiger partial charge in [-0.2, -0.15) is 5.10 Å². The first-order valence-corrected chi connectivity index (χ1v) is 6.25. The van der Waals surface area contributed by atoms with Crippen LogP contribution in [-0.2, 0) is 13.0 Å². The average molecular weight is 236 g/mol. The Morgan fingerprint density at radius 2 is 2.24 bits per heavy atom. The topological polar surface area (TPSA) is 64.2 Å². The Balaban J connectivity index is 2.11. The van der Waals surface area contributed by atoms with Crippen LogP contribution in [0.1, 0.15) is 30.0 Å². The fraction of sp³-hybridized carbons (Fsp3) is 0.667. The Labute approximate surface area is 102 Å². The lowest BCUT2D eigenvalue weighted by Gasteiger charge is -2.38. The maximum atomic E-state index is 12.2. The van der Waals surface area contributed by atoms with Gasteiger partial charge in [0.05, 0.1) is 5.69 Å². The van der Waals surface area contributed by atoms with Crippen molar-refractivity contribution in [3.8, 4) is 0 Å². The molecule has 2 heterocycles. The van der Waals surface area contributed by atoms with Crippen LogP contribution in [-0.4, -0.2) is 40.2 Å². The first-order valence-electron chi connectivity index (χ1n) is 6.25. The van der Waals surface area contributed by atoms with Gasteiger partial charge in [-0.25, -0.2) is 0 Å². The van der Waals surface area contributed by atoms with Gasteiger partial charge in [0.25, 0.3) is 5.91 Å². The molecule has 1 amide bonds. The van der Waals surface area contributed by atoms with E-state index in [1.807, 2.05) is 24.8 Å². The van der Waals surface area contributed by atoms with Gasteiger partial charge in [0, 0.05) is 25.6 Å². The van der Waals surface area contributed by atoms with Crippen molar-refractivity contribution in [2.24, 2.45) is 11.7 Å². The molecule has 0 unspecified atom stereocenters. The molecule has 5 heteroatoms. The summed E-state index contributed by atoms with van der Waals surface area (Å²) in [5, 5.41) is 4.39. The third-order valence-corrected chi connectivity index (χ3v) is 3.29. The smallest absolute Gasteiger partial charge is 0.272 e. The van der Waals surface area contributed by atoms with Crippen molar-refractivity contribution in [3.63, 3.8) is 0 Å². The lowest BCUT2D eigenvalue weighted by molar-refractivity contribution is 0.0503. The minimum atomic E-state index is 0.0868. The Morgan fingerprint density at radius 1 is 1.53 bits per heavy atom. The van der Waals surface area contributed by atoms with Crippen LogP contribution in [0.15, 0.2) is 6.07 Å². The van der Waals surface area contributed by atoms with E-state index in [0.717, 1.165) is 31.7 Å². The summed E-state index contributed by atoms with van der Waals surface area (Å²) in [4.78, 5) is 14.1. The van der Waals surface area contributed by atoms with Gasteiger partial charge < -0.3 is 10.6 Å². The van der Waals surface area contributed by atoms with Gasteiger partial charge in [-0.05, 0) is 26.0 Å². The monoisotopic (exact) mass is 236 g/mol. The molecular weight excluding hydrogens is 216 g/mol. The summed E-state index contributed by atoms with van der Waals surface area (Å²) in [6.45, 7) is 7.01. The molecule has 2 N–H and O–H groups in total. The molecule has 0 saturated carbocycles. The average Bonchev–Trinajstić information content (AvgIpc) is 2.70. The van der Waals surface area contributed by atoms with Crippen LogP contribution >= 0.6 is 0 Å². The predicted octanol–water partition coefficient (Wildman–Crippen LogP) is 0.496. The van der Waals surface area contributed by atoms with Crippen LogP contribution in [0.2, 0.25) is 0 Å². The Morgan fingerprint density at radius 3 is 2.76 bits per heavy atom. The van der Waals surface area contributed by atoms with Crippen molar-refractivity contribution in [2.45, 2.75) is 26.8 Å². The van der Waals surface area contributed by atoms with Crippen molar-refractivity contribution >= 4 is 5.91 Å². The lowest BCUT2D eigenvalue weighted by atomic mass is 10.00. The van der Waals surface area contributed by atoms with Crippen LogP contribution < -0.4 is 5.73 Å². The number of hydrogen-bond donors (Lipinski definition) is 1. The zero-order valence-electron chi connectivity index (χ0n) is 10.5. The highest BCUT2D eigenvalue weighted by atomic mass is 16.2. The Kier molecular flexibility index (Phi) is 3.47. The zero-order valence-corrected chi connectivity index (χ0v) is 10.5. The summed E-state index contributed by atoms with van der Waals surface area (Å²) >= 11 is 0. The predicted molar refractivity (Wildman–Crippen MR) is 65.7 cm³/mol. The summed E-state index contributed by atoms with van der Waals surface area (Å²) in [5.74, 6) is 0.561. The quantitative estimate of drug-likeness (QED) is 0.827. The van der Waals surface area contributed by atoms with Crippen LogP contribution in [0, 0.1) is 5.92 Å². The highest BCUT2D eigenvalue weighted by Crippen LogP contribution is 2.18. The first kappa shape index (κ1) is 12.1. The molecule has 1 fully saturated rings. The molecule has 1 aliphatic rings. The second-order valence-corrected chi connectivity index (χ2v) is 4.50. The minimum absolute atomic E-state index is 0.0868. The molecule has 1 saturated heterocycles. The molecule has 0 radical (unpaired) electrons. The van der Waals surface area contributed by atoms with E-state index in [1.54, 1.807) is 4.68 Å². The normalized spacial score (nSPS) is 16.1. The highest BCUT2D eigenvalue weighted by molar-refractivity contribution is 5.93. The minimum Gasteiger partial charge on any atom is -0.337 e. The van der Waals surface area contributed by atoms with Crippen molar-refractivity contribution in [1.82, 2.24) is 14.7 Å².